The van der Waals surface area contributed by atoms with Gasteiger partial charge in [0.25, 0.3) is 0 Å². The van der Waals surface area contributed by atoms with Crippen LogP contribution in [-0.2, 0) is 13.5 Å². The van der Waals surface area contributed by atoms with Crippen LogP contribution in [0.25, 0.3) is 11.8 Å². The second-order valence-electron chi connectivity index (χ2n) is 3.70. The van der Waals surface area contributed by atoms with Crippen LogP contribution in [0.5, 0.6) is 0 Å². The lowest BCUT2D eigenvalue weighted by Gasteiger charge is -2.09. The van der Waals surface area contributed by atoms with Gasteiger partial charge in [-0.25, -0.2) is 4.79 Å². The van der Waals surface area contributed by atoms with Gasteiger partial charge in [0.2, 0.25) is 0 Å². The summed E-state index contributed by atoms with van der Waals surface area (Å²) in [4.78, 5) is 11.8. The predicted molar refractivity (Wildman–Crippen MR) is 66.1 cm³/mol. The average Bonchev–Trinajstić information content (AvgIpc) is 2.69. The fraction of sp³-hybridized carbons (Fsp3) is 0.250. The molecule has 1 heterocycles. The minimum absolute atomic E-state index is 0.249. The van der Waals surface area contributed by atoms with Gasteiger partial charge >= 0.3 is 5.69 Å². The topological polar surface area (TPSA) is 52.7 Å². The molecule has 5 heteroatoms. The molecule has 88 valence electrons. The van der Waals surface area contributed by atoms with Gasteiger partial charge in [0.05, 0.1) is 5.69 Å². The lowest BCUT2D eigenvalue weighted by molar-refractivity contribution is 0.692. The number of nitrogens with zero attached hydrogens (tertiary/aromatic N) is 4. The standard InChI is InChI=1S/C12H14N4O/c1-4-9-7-6-8-11(10(9)5-2)16-12(17)15(3)13-14-16/h4,6-8H,1,5H2,2-3H3. The molecule has 0 unspecified atom stereocenters. The van der Waals surface area contributed by atoms with Gasteiger partial charge in [0.15, 0.2) is 0 Å². The Hall–Kier alpha value is -2.17. The van der Waals surface area contributed by atoms with Crippen LogP contribution in [0, 0.1) is 0 Å². The van der Waals surface area contributed by atoms with Crippen LogP contribution in [0.1, 0.15) is 18.1 Å². The Labute approximate surface area is 99.0 Å². The van der Waals surface area contributed by atoms with E-state index in [0.717, 1.165) is 23.2 Å². The molecule has 0 N–H and O–H groups in total. The summed E-state index contributed by atoms with van der Waals surface area (Å²) in [5.41, 5.74) is 2.58. The summed E-state index contributed by atoms with van der Waals surface area (Å²) in [7, 11) is 1.58. The normalized spacial score (nSPS) is 10.5. The number of aromatic nitrogens is 4. The molecule has 0 saturated carbocycles. The van der Waals surface area contributed by atoms with Crippen molar-refractivity contribution in [1.82, 2.24) is 19.8 Å². The van der Waals surface area contributed by atoms with Crippen LogP contribution in [0.4, 0.5) is 0 Å². The van der Waals surface area contributed by atoms with Crippen molar-refractivity contribution < 1.29 is 0 Å². The highest BCUT2D eigenvalue weighted by atomic mass is 16.2. The average molecular weight is 230 g/mol. The third kappa shape index (κ3) is 1.80. The van der Waals surface area contributed by atoms with E-state index in [0.29, 0.717) is 0 Å². The van der Waals surface area contributed by atoms with Gasteiger partial charge in [-0.3, -0.25) is 0 Å². The SMILES string of the molecule is C=Cc1cccc(-n2nnn(C)c2=O)c1CC. The number of hydrogen-bond donors (Lipinski definition) is 0. The maximum Gasteiger partial charge on any atom is 0.368 e. The van der Waals surface area contributed by atoms with Crippen molar-refractivity contribution in [3.63, 3.8) is 0 Å². The Morgan fingerprint density at radius 3 is 2.71 bits per heavy atom. The van der Waals surface area contributed by atoms with E-state index in [-0.39, 0.29) is 5.69 Å². The second-order valence-corrected chi connectivity index (χ2v) is 3.70. The molecule has 0 bridgehead atoms. The summed E-state index contributed by atoms with van der Waals surface area (Å²) < 4.78 is 2.52. The van der Waals surface area contributed by atoms with Crippen molar-refractivity contribution in [2.24, 2.45) is 7.05 Å². The third-order valence-electron chi connectivity index (χ3n) is 2.71. The zero-order valence-corrected chi connectivity index (χ0v) is 9.92. The van der Waals surface area contributed by atoms with Crippen molar-refractivity contribution in [3.05, 3.63) is 46.4 Å². The van der Waals surface area contributed by atoms with Crippen LogP contribution >= 0.6 is 0 Å². The molecule has 1 aromatic heterocycles. The summed E-state index contributed by atoms with van der Waals surface area (Å²) >= 11 is 0. The van der Waals surface area contributed by atoms with E-state index in [1.165, 1.54) is 9.36 Å². The molecule has 5 nitrogen and oxygen atoms in total. The van der Waals surface area contributed by atoms with Crippen LogP contribution in [0.2, 0.25) is 0 Å². The molecule has 0 aliphatic rings. The molecular weight excluding hydrogens is 216 g/mol. The zero-order valence-electron chi connectivity index (χ0n) is 9.92. The minimum Gasteiger partial charge on any atom is -0.244 e. The molecule has 2 rings (SSSR count). The monoisotopic (exact) mass is 230 g/mol. The van der Waals surface area contributed by atoms with Crippen molar-refractivity contribution >= 4 is 6.08 Å². The molecular formula is C12H14N4O. The van der Waals surface area contributed by atoms with Crippen molar-refractivity contribution in [1.29, 1.82) is 0 Å². The molecule has 0 atom stereocenters. The van der Waals surface area contributed by atoms with Gasteiger partial charge < -0.3 is 0 Å². The highest BCUT2D eigenvalue weighted by molar-refractivity contribution is 5.58. The van der Waals surface area contributed by atoms with E-state index in [1.807, 2.05) is 25.1 Å². The number of aryl methyl sites for hydroxylation is 1. The van der Waals surface area contributed by atoms with Crippen molar-refractivity contribution in [2.75, 3.05) is 0 Å². The van der Waals surface area contributed by atoms with E-state index in [2.05, 4.69) is 17.0 Å². The lowest BCUT2D eigenvalue weighted by atomic mass is 10.0. The highest BCUT2D eigenvalue weighted by Gasteiger charge is 2.11. The summed E-state index contributed by atoms with van der Waals surface area (Å²) in [5.74, 6) is 0. The van der Waals surface area contributed by atoms with Gasteiger partial charge in [-0.1, -0.05) is 31.7 Å². The largest absolute Gasteiger partial charge is 0.368 e. The predicted octanol–water partition coefficient (Wildman–Crippen LogP) is 1.17. The summed E-state index contributed by atoms with van der Waals surface area (Å²) in [6.07, 6.45) is 2.59. The molecule has 1 aromatic carbocycles. The molecule has 0 fully saturated rings. The Balaban J connectivity index is 2.71. The molecule has 0 saturated heterocycles. The summed E-state index contributed by atoms with van der Waals surface area (Å²) in [5, 5.41) is 7.57. The molecule has 2 aromatic rings. The fourth-order valence-electron chi connectivity index (χ4n) is 1.83. The fourth-order valence-corrected chi connectivity index (χ4v) is 1.83. The molecule has 0 aliphatic carbocycles. The first-order valence-corrected chi connectivity index (χ1v) is 5.42. The van der Waals surface area contributed by atoms with Gasteiger partial charge in [-0.2, -0.15) is 9.36 Å². The quantitative estimate of drug-likeness (QED) is 0.795. The van der Waals surface area contributed by atoms with Crippen LogP contribution in [0.3, 0.4) is 0 Å². The first kappa shape index (κ1) is 11.3. The third-order valence-corrected chi connectivity index (χ3v) is 2.71. The van der Waals surface area contributed by atoms with Crippen molar-refractivity contribution in [3.8, 4) is 5.69 Å². The summed E-state index contributed by atoms with van der Waals surface area (Å²) in [6.45, 7) is 5.81. The maximum absolute atomic E-state index is 11.8. The van der Waals surface area contributed by atoms with Gasteiger partial charge in [0.1, 0.15) is 0 Å². The second kappa shape index (κ2) is 4.37. The van der Waals surface area contributed by atoms with E-state index in [1.54, 1.807) is 13.1 Å². The van der Waals surface area contributed by atoms with Gasteiger partial charge in [-0.05, 0) is 34.0 Å². The van der Waals surface area contributed by atoms with E-state index in [4.69, 9.17) is 0 Å². The Morgan fingerprint density at radius 1 is 1.41 bits per heavy atom. The first-order valence-electron chi connectivity index (χ1n) is 5.42. The molecule has 0 spiro atoms. The zero-order chi connectivity index (χ0) is 12.4. The number of rotatable bonds is 3. The lowest BCUT2D eigenvalue weighted by Crippen LogP contribution is -2.23. The first-order chi connectivity index (χ1) is 8.19. The molecule has 17 heavy (non-hydrogen) atoms. The van der Waals surface area contributed by atoms with Crippen LogP contribution in [0.15, 0.2) is 29.6 Å². The smallest absolute Gasteiger partial charge is 0.244 e. The number of tetrazole rings is 1. The van der Waals surface area contributed by atoms with Gasteiger partial charge in [-0.15, -0.1) is 0 Å². The van der Waals surface area contributed by atoms with Crippen LogP contribution in [-0.4, -0.2) is 19.8 Å². The minimum atomic E-state index is -0.249. The Kier molecular flexibility index (Phi) is 2.91. The van der Waals surface area contributed by atoms with E-state index < -0.39 is 0 Å². The Morgan fingerprint density at radius 2 is 2.18 bits per heavy atom. The number of benzene rings is 1. The highest BCUT2D eigenvalue weighted by Crippen LogP contribution is 2.18. The van der Waals surface area contributed by atoms with E-state index >= 15 is 0 Å². The molecule has 0 aliphatic heterocycles. The summed E-state index contributed by atoms with van der Waals surface area (Å²) in [6, 6.07) is 5.71. The number of hydrogen-bond acceptors (Lipinski definition) is 3. The van der Waals surface area contributed by atoms with E-state index in [9.17, 15) is 4.79 Å². The van der Waals surface area contributed by atoms with Crippen molar-refractivity contribution in [2.45, 2.75) is 13.3 Å². The molecule has 0 amide bonds. The molecule has 0 radical (unpaired) electrons. The van der Waals surface area contributed by atoms with Gasteiger partial charge in [0, 0.05) is 7.05 Å². The van der Waals surface area contributed by atoms with Crippen LogP contribution < -0.4 is 5.69 Å². The Bertz CT molecular complexity index is 609. The maximum atomic E-state index is 11.8.